The van der Waals surface area contributed by atoms with Gasteiger partial charge in [0.2, 0.25) is 0 Å². The van der Waals surface area contributed by atoms with Crippen LogP contribution < -0.4 is 25.3 Å². The van der Waals surface area contributed by atoms with Gasteiger partial charge in [-0.2, -0.15) is 13.2 Å². The fourth-order valence-corrected chi connectivity index (χ4v) is 3.65. The number of amidine groups is 1. The van der Waals surface area contributed by atoms with E-state index in [0.717, 1.165) is 0 Å². The Labute approximate surface area is 234 Å². The molecule has 1 amide bonds. The Hall–Kier alpha value is -4.74. The van der Waals surface area contributed by atoms with E-state index >= 15 is 0 Å². The average Bonchev–Trinajstić information content (AvgIpc) is 2.92. The lowest BCUT2D eigenvalue weighted by atomic mass is 10.0. The van der Waals surface area contributed by atoms with E-state index in [4.69, 9.17) is 30.1 Å². The number of hydrogen-bond donors (Lipinski definition) is 3. The van der Waals surface area contributed by atoms with Gasteiger partial charge in [-0.1, -0.05) is 30.3 Å². The van der Waals surface area contributed by atoms with E-state index in [9.17, 15) is 22.8 Å². The second kappa shape index (κ2) is 13.1. The smallest absolute Gasteiger partial charge is 0.490 e. The molecule has 12 heteroatoms. The van der Waals surface area contributed by atoms with Crippen LogP contribution >= 0.6 is 0 Å². The van der Waals surface area contributed by atoms with Crippen LogP contribution in [0, 0.1) is 5.41 Å². The first-order valence-corrected chi connectivity index (χ1v) is 12.6. The van der Waals surface area contributed by atoms with Gasteiger partial charge in [0.1, 0.15) is 11.6 Å². The van der Waals surface area contributed by atoms with Gasteiger partial charge in [0, 0.05) is 12.1 Å². The standard InChI is InChI=1S/C29H30F3N3O6/c1-4-38-24-16-21(12-15-23(24)39-18(2)3)28(41-27(37)29(30,31)32,26(36)35-17-19-8-6-5-7-9-19)40-22-13-10-20(11-14-22)25(33)34/h5-16,18H,4,17H2,1-3H3,(H3,33,34)(H,35,36). The Kier molecular flexibility index (Phi) is 9.82. The predicted octanol–water partition coefficient (Wildman–Crippen LogP) is 4.81. The molecule has 0 aliphatic rings. The van der Waals surface area contributed by atoms with E-state index in [-0.39, 0.29) is 53.5 Å². The second-order valence-electron chi connectivity index (χ2n) is 8.97. The number of nitrogens with two attached hydrogens (primary N) is 1. The molecule has 3 aromatic carbocycles. The van der Waals surface area contributed by atoms with Gasteiger partial charge in [-0.25, -0.2) is 4.79 Å². The van der Waals surface area contributed by atoms with E-state index < -0.39 is 23.8 Å². The molecule has 0 spiro atoms. The third-order valence-electron chi connectivity index (χ3n) is 5.48. The van der Waals surface area contributed by atoms with Crippen molar-refractivity contribution in [1.29, 1.82) is 5.41 Å². The van der Waals surface area contributed by atoms with Crippen LogP contribution in [0.15, 0.2) is 72.8 Å². The molecule has 0 aromatic heterocycles. The highest BCUT2D eigenvalue weighted by Gasteiger charge is 2.54. The van der Waals surface area contributed by atoms with Crippen molar-refractivity contribution in [3.05, 3.63) is 89.5 Å². The molecule has 0 aliphatic carbocycles. The van der Waals surface area contributed by atoms with Crippen LogP contribution in [0.5, 0.6) is 17.2 Å². The van der Waals surface area contributed by atoms with Crippen molar-refractivity contribution >= 4 is 17.7 Å². The molecule has 3 aromatic rings. The van der Waals surface area contributed by atoms with Gasteiger partial charge in [-0.15, -0.1) is 0 Å². The molecule has 0 fully saturated rings. The zero-order valence-electron chi connectivity index (χ0n) is 22.6. The Morgan fingerprint density at radius 1 is 0.976 bits per heavy atom. The number of ether oxygens (including phenoxy) is 4. The summed E-state index contributed by atoms with van der Waals surface area (Å²) in [5.74, 6) is -6.92. The average molecular weight is 574 g/mol. The lowest BCUT2D eigenvalue weighted by Crippen LogP contribution is -2.53. The largest absolute Gasteiger partial charge is 0.491 e. The minimum Gasteiger partial charge on any atom is -0.490 e. The van der Waals surface area contributed by atoms with Crippen molar-refractivity contribution in [3.8, 4) is 17.2 Å². The topological polar surface area (TPSA) is 133 Å². The van der Waals surface area contributed by atoms with Crippen molar-refractivity contribution in [2.24, 2.45) is 5.73 Å². The summed E-state index contributed by atoms with van der Waals surface area (Å²) in [5, 5.41) is 10.1. The number of amides is 1. The van der Waals surface area contributed by atoms with E-state index in [0.29, 0.717) is 5.56 Å². The number of halogens is 3. The van der Waals surface area contributed by atoms with Gasteiger partial charge in [-0.05, 0) is 68.8 Å². The van der Waals surface area contributed by atoms with Crippen LogP contribution in [-0.2, 0) is 26.7 Å². The van der Waals surface area contributed by atoms with Crippen LogP contribution in [-0.4, -0.2) is 36.6 Å². The van der Waals surface area contributed by atoms with E-state index in [1.807, 2.05) is 0 Å². The summed E-state index contributed by atoms with van der Waals surface area (Å²) in [6, 6.07) is 17.7. The number of carbonyl (C=O) groups excluding carboxylic acids is 2. The maximum absolute atomic E-state index is 13.8. The van der Waals surface area contributed by atoms with Gasteiger partial charge in [0.15, 0.2) is 11.5 Å². The lowest BCUT2D eigenvalue weighted by Gasteiger charge is -2.33. The quantitative estimate of drug-likeness (QED) is 0.123. The molecule has 0 bridgehead atoms. The number of carbonyl (C=O) groups is 2. The Balaban J connectivity index is 2.20. The molecule has 0 heterocycles. The Morgan fingerprint density at radius 3 is 2.20 bits per heavy atom. The molecule has 3 rings (SSSR count). The number of nitrogen functional groups attached to an aromatic ring is 1. The second-order valence-corrected chi connectivity index (χ2v) is 8.97. The summed E-state index contributed by atoms with van der Waals surface area (Å²) in [5.41, 5.74) is 6.12. The Morgan fingerprint density at radius 2 is 1.63 bits per heavy atom. The van der Waals surface area contributed by atoms with E-state index in [1.165, 1.54) is 42.5 Å². The first-order valence-electron chi connectivity index (χ1n) is 12.6. The molecule has 0 aliphatic heterocycles. The fourth-order valence-electron chi connectivity index (χ4n) is 3.65. The van der Waals surface area contributed by atoms with Gasteiger partial charge < -0.3 is 30.0 Å². The molecule has 1 unspecified atom stereocenters. The third kappa shape index (κ3) is 7.90. The van der Waals surface area contributed by atoms with Crippen molar-refractivity contribution in [1.82, 2.24) is 5.32 Å². The van der Waals surface area contributed by atoms with Crippen LogP contribution in [0.2, 0.25) is 0 Å². The highest BCUT2D eigenvalue weighted by atomic mass is 19.4. The first kappa shape index (κ1) is 30.8. The summed E-state index contributed by atoms with van der Waals surface area (Å²) in [6.07, 6.45) is -5.74. The number of alkyl halides is 3. The number of benzene rings is 3. The Bertz CT molecular complexity index is 1360. The maximum atomic E-state index is 13.8. The summed E-state index contributed by atoms with van der Waals surface area (Å²) in [6.45, 7) is 5.25. The van der Waals surface area contributed by atoms with E-state index in [1.54, 1.807) is 51.1 Å². The van der Waals surface area contributed by atoms with Crippen molar-refractivity contribution in [2.75, 3.05) is 6.61 Å². The van der Waals surface area contributed by atoms with Crippen LogP contribution in [0.4, 0.5) is 13.2 Å². The molecule has 0 saturated carbocycles. The van der Waals surface area contributed by atoms with Crippen molar-refractivity contribution in [2.45, 2.75) is 45.4 Å². The molecular weight excluding hydrogens is 543 g/mol. The SMILES string of the molecule is CCOc1cc(C(OC(=O)C(F)(F)F)(Oc2ccc(C(=N)N)cc2)C(=O)NCc2ccccc2)ccc1OC(C)C. The van der Waals surface area contributed by atoms with Gasteiger partial charge in [0.25, 0.3) is 0 Å². The molecule has 0 saturated heterocycles. The summed E-state index contributed by atoms with van der Waals surface area (Å²) in [7, 11) is 0. The molecule has 4 N–H and O–H groups in total. The molecule has 0 radical (unpaired) electrons. The molecule has 41 heavy (non-hydrogen) atoms. The normalized spacial score (nSPS) is 12.7. The molecular formula is C29H30F3N3O6. The highest BCUT2D eigenvalue weighted by molar-refractivity contribution is 5.95. The van der Waals surface area contributed by atoms with Crippen molar-refractivity contribution < 1.29 is 41.7 Å². The summed E-state index contributed by atoms with van der Waals surface area (Å²) in [4.78, 5) is 26.1. The zero-order valence-corrected chi connectivity index (χ0v) is 22.6. The van der Waals surface area contributed by atoms with Gasteiger partial charge >= 0.3 is 23.8 Å². The zero-order chi connectivity index (χ0) is 30.2. The number of esters is 1. The van der Waals surface area contributed by atoms with Crippen LogP contribution in [0.1, 0.15) is 37.5 Å². The van der Waals surface area contributed by atoms with Crippen LogP contribution in [0.25, 0.3) is 0 Å². The molecule has 218 valence electrons. The van der Waals surface area contributed by atoms with Gasteiger partial charge in [0.05, 0.1) is 18.3 Å². The maximum Gasteiger partial charge on any atom is 0.491 e. The van der Waals surface area contributed by atoms with Crippen molar-refractivity contribution in [3.63, 3.8) is 0 Å². The first-order chi connectivity index (χ1) is 19.4. The molecule has 1 atom stereocenters. The number of hydrogen-bond acceptors (Lipinski definition) is 7. The summed E-state index contributed by atoms with van der Waals surface area (Å²) < 4.78 is 62.8. The minimum absolute atomic E-state index is 0.0810. The summed E-state index contributed by atoms with van der Waals surface area (Å²) >= 11 is 0. The minimum atomic E-state index is -5.46. The van der Waals surface area contributed by atoms with E-state index in [2.05, 4.69) is 5.32 Å². The number of rotatable bonds is 12. The fraction of sp³-hybridized carbons (Fsp3) is 0.276. The van der Waals surface area contributed by atoms with Gasteiger partial charge in [-0.3, -0.25) is 10.2 Å². The third-order valence-corrected chi connectivity index (χ3v) is 5.48. The lowest BCUT2D eigenvalue weighted by molar-refractivity contribution is -0.241. The van der Waals surface area contributed by atoms with Crippen LogP contribution in [0.3, 0.4) is 0 Å². The monoisotopic (exact) mass is 573 g/mol. The highest BCUT2D eigenvalue weighted by Crippen LogP contribution is 2.38. The molecule has 9 nitrogen and oxygen atoms in total. The predicted molar refractivity (Wildman–Crippen MR) is 144 cm³/mol. The number of nitrogens with one attached hydrogen (secondary N) is 2.